The Bertz CT molecular complexity index is 287. The van der Waals surface area contributed by atoms with Crippen molar-refractivity contribution in [2.75, 3.05) is 13.1 Å². The molecule has 0 aliphatic heterocycles. The van der Waals surface area contributed by atoms with E-state index in [9.17, 15) is 4.79 Å². The summed E-state index contributed by atoms with van der Waals surface area (Å²) in [5, 5.41) is 6.53. The van der Waals surface area contributed by atoms with Gasteiger partial charge < -0.3 is 10.6 Å². The molecule has 116 valence electrons. The third kappa shape index (κ3) is 4.76. The van der Waals surface area contributed by atoms with Crippen LogP contribution >= 0.6 is 0 Å². The van der Waals surface area contributed by atoms with E-state index < -0.39 is 0 Å². The summed E-state index contributed by atoms with van der Waals surface area (Å²) < 4.78 is 0. The standard InChI is InChI=1S/C17H32N2O/c1-2-12-18-17(20)13-19-16-11-7-6-10-15(16)14-8-4-3-5-9-14/h14-16,19H,2-13H2,1H3,(H,18,20). The van der Waals surface area contributed by atoms with Crippen molar-refractivity contribution in [3.05, 3.63) is 0 Å². The average molecular weight is 280 g/mol. The number of hydrogen-bond donors (Lipinski definition) is 2. The van der Waals surface area contributed by atoms with Crippen molar-refractivity contribution < 1.29 is 4.79 Å². The molecule has 3 heteroatoms. The van der Waals surface area contributed by atoms with Crippen LogP contribution in [0.15, 0.2) is 0 Å². The van der Waals surface area contributed by atoms with Crippen LogP contribution in [0, 0.1) is 11.8 Å². The monoisotopic (exact) mass is 280 g/mol. The molecule has 3 nitrogen and oxygen atoms in total. The van der Waals surface area contributed by atoms with Gasteiger partial charge in [-0.15, -0.1) is 0 Å². The van der Waals surface area contributed by atoms with Crippen LogP contribution in [0.4, 0.5) is 0 Å². The van der Waals surface area contributed by atoms with Crippen LogP contribution in [0.1, 0.15) is 71.1 Å². The van der Waals surface area contributed by atoms with Gasteiger partial charge in [0.25, 0.3) is 0 Å². The molecule has 0 aromatic heterocycles. The van der Waals surface area contributed by atoms with Gasteiger partial charge in [-0.1, -0.05) is 51.9 Å². The molecule has 2 atom stereocenters. The number of amides is 1. The Labute approximate surface area is 124 Å². The Morgan fingerprint density at radius 2 is 1.70 bits per heavy atom. The highest BCUT2D eigenvalue weighted by Crippen LogP contribution is 2.38. The second kappa shape index (κ2) is 8.66. The van der Waals surface area contributed by atoms with E-state index in [4.69, 9.17) is 0 Å². The lowest BCUT2D eigenvalue weighted by atomic mass is 9.71. The van der Waals surface area contributed by atoms with Crippen LogP contribution in [0.25, 0.3) is 0 Å². The van der Waals surface area contributed by atoms with Crippen LogP contribution in [-0.4, -0.2) is 25.0 Å². The van der Waals surface area contributed by atoms with Gasteiger partial charge in [0, 0.05) is 12.6 Å². The lowest BCUT2D eigenvalue weighted by Gasteiger charge is -2.39. The lowest BCUT2D eigenvalue weighted by Crippen LogP contribution is -2.46. The fourth-order valence-electron chi connectivity index (χ4n) is 4.09. The Balaban J connectivity index is 1.78. The first-order valence-electron chi connectivity index (χ1n) is 8.81. The zero-order valence-electron chi connectivity index (χ0n) is 13.1. The fourth-order valence-corrected chi connectivity index (χ4v) is 4.09. The molecule has 2 rings (SSSR count). The van der Waals surface area contributed by atoms with Gasteiger partial charge in [-0.05, 0) is 31.1 Å². The van der Waals surface area contributed by atoms with Gasteiger partial charge in [-0.3, -0.25) is 4.79 Å². The smallest absolute Gasteiger partial charge is 0.233 e. The molecule has 20 heavy (non-hydrogen) atoms. The predicted molar refractivity (Wildman–Crippen MR) is 83.6 cm³/mol. The predicted octanol–water partition coefficient (Wildman–Crippen LogP) is 3.24. The van der Waals surface area contributed by atoms with Crippen LogP contribution < -0.4 is 10.6 Å². The molecule has 0 spiro atoms. The zero-order chi connectivity index (χ0) is 14.2. The molecule has 1 amide bonds. The first kappa shape index (κ1) is 15.8. The maximum Gasteiger partial charge on any atom is 0.233 e. The van der Waals surface area contributed by atoms with Gasteiger partial charge in [0.05, 0.1) is 6.54 Å². The van der Waals surface area contributed by atoms with Crippen molar-refractivity contribution in [3.63, 3.8) is 0 Å². The summed E-state index contributed by atoms with van der Waals surface area (Å²) in [6, 6.07) is 0.583. The van der Waals surface area contributed by atoms with E-state index in [1.807, 2.05) is 0 Å². The maximum atomic E-state index is 11.8. The molecule has 0 heterocycles. The van der Waals surface area contributed by atoms with E-state index in [2.05, 4.69) is 17.6 Å². The summed E-state index contributed by atoms with van der Waals surface area (Å²) in [6.45, 7) is 3.40. The highest BCUT2D eigenvalue weighted by molar-refractivity contribution is 5.77. The van der Waals surface area contributed by atoms with Gasteiger partial charge in [-0.2, -0.15) is 0 Å². The molecule has 0 bridgehead atoms. The van der Waals surface area contributed by atoms with Crippen molar-refractivity contribution in [2.24, 2.45) is 11.8 Å². The number of nitrogens with one attached hydrogen (secondary N) is 2. The van der Waals surface area contributed by atoms with Gasteiger partial charge in [0.2, 0.25) is 5.91 Å². The zero-order valence-corrected chi connectivity index (χ0v) is 13.1. The van der Waals surface area contributed by atoms with Crippen LogP contribution in [0.3, 0.4) is 0 Å². The number of carbonyl (C=O) groups is 1. The summed E-state index contributed by atoms with van der Waals surface area (Å²) >= 11 is 0. The number of hydrogen-bond acceptors (Lipinski definition) is 2. The molecule has 0 radical (unpaired) electrons. The highest BCUT2D eigenvalue weighted by atomic mass is 16.1. The van der Waals surface area contributed by atoms with Crippen LogP contribution in [0.5, 0.6) is 0 Å². The summed E-state index contributed by atoms with van der Waals surface area (Å²) in [6.07, 6.45) is 13.5. The molecule has 2 aliphatic carbocycles. The number of carbonyl (C=O) groups excluding carboxylic acids is 1. The minimum absolute atomic E-state index is 0.166. The Morgan fingerprint density at radius 3 is 2.45 bits per heavy atom. The SMILES string of the molecule is CCCNC(=O)CNC1CCCCC1C1CCCCC1. The third-order valence-electron chi connectivity index (χ3n) is 5.17. The second-order valence-electron chi connectivity index (χ2n) is 6.68. The van der Waals surface area contributed by atoms with Crippen LogP contribution in [-0.2, 0) is 4.79 Å². The maximum absolute atomic E-state index is 11.8. The lowest BCUT2D eigenvalue weighted by molar-refractivity contribution is -0.120. The Hall–Kier alpha value is -0.570. The van der Waals surface area contributed by atoms with E-state index in [0.717, 1.165) is 24.8 Å². The van der Waals surface area contributed by atoms with Gasteiger partial charge in [0.1, 0.15) is 0 Å². The molecule has 0 saturated heterocycles. The number of rotatable bonds is 6. The van der Waals surface area contributed by atoms with E-state index >= 15 is 0 Å². The molecule has 0 aromatic rings. The van der Waals surface area contributed by atoms with Gasteiger partial charge >= 0.3 is 0 Å². The molecular weight excluding hydrogens is 248 g/mol. The second-order valence-corrected chi connectivity index (χ2v) is 6.68. The molecule has 2 saturated carbocycles. The average Bonchev–Trinajstić information content (AvgIpc) is 2.52. The highest BCUT2D eigenvalue weighted by Gasteiger charge is 2.32. The Morgan fingerprint density at radius 1 is 1.00 bits per heavy atom. The summed E-state index contributed by atoms with van der Waals surface area (Å²) in [4.78, 5) is 11.8. The fraction of sp³-hybridized carbons (Fsp3) is 0.941. The van der Waals surface area contributed by atoms with Gasteiger partial charge in [-0.25, -0.2) is 0 Å². The quantitative estimate of drug-likeness (QED) is 0.784. The van der Waals surface area contributed by atoms with Crippen molar-refractivity contribution in [1.82, 2.24) is 10.6 Å². The Kier molecular flexibility index (Phi) is 6.85. The van der Waals surface area contributed by atoms with Crippen LogP contribution in [0.2, 0.25) is 0 Å². The summed E-state index contributed by atoms with van der Waals surface area (Å²) in [5.74, 6) is 1.91. The van der Waals surface area contributed by atoms with Crippen molar-refractivity contribution in [2.45, 2.75) is 77.2 Å². The molecule has 2 unspecified atom stereocenters. The third-order valence-corrected chi connectivity index (χ3v) is 5.17. The normalized spacial score (nSPS) is 28.2. The molecule has 2 N–H and O–H groups in total. The van der Waals surface area contributed by atoms with Crippen molar-refractivity contribution in [3.8, 4) is 0 Å². The summed E-state index contributed by atoms with van der Waals surface area (Å²) in [7, 11) is 0. The van der Waals surface area contributed by atoms with E-state index in [-0.39, 0.29) is 5.91 Å². The topological polar surface area (TPSA) is 41.1 Å². The van der Waals surface area contributed by atoms with Crippen molar-refractivity contribution >= 4 is 5.91 Å². The summed E-state index contributed by atoms with van der Waals surface area (Å²) in [5.41, 5.74) is 0. The van der Waals surface area contributed by atoms with Crippen molar-refractivity contribution in [1.29, 1.82) is 0 Å². The first-order chi connectivity index (χ1) is 9.81. The molecule has 2 aliphatic rings. The van der Waals surface area contributed by atoms with Gasteiger partial charge in [0.15, 0.2) is 0 Å². The van der Waals surface area contributed by atoms with E-state index in [1.165, 1.54) is 57.8 Å². The minimum Gasteiger partial charge on any atom is -0.355 e. The molecular formula is C17H32N2O. The van der Waals surface area contributed by atoms with E-state index in [0.29, 0.717) is 12.6 Å². The molecule has 0 aromatic carbocycles. The molecule has 2 fully saturated rings. The van der Waals surface area contributed by atoms with E-state index in [1.54, 1.807) is 0 Å². The largest absolute Gasteiger partial charge is 0.355 e. The first-order valence-corrected chi connectivity index (χ1v) is 8.81. The minimum atomic E-state index is 0.166.